The van der Waals surface area contributed by atoms with Crippen LogP contribution in [0.2, 0.25) is 0 Å². The number of benzene rings is 1. The van der Waals surface area contributed by atoms with E-state index in [-0.39, 0.29) is 5.69 Å². The third-order valence-corrected chi connectivity index (χ3v) is 5.45. The Labute approximate surface area is 165 Å². The quantitative estimate of drug-likeness (QED) is 0.644. The van der Waals surface area contributed by atoms with Crippen molar-refractivity contribution in [1.29, 1.82) is 0 Å². The van der Waals surface area contributed by atoms with Crippen molar-refractivity contribution in [3.63, 3.8) is 0 Å². The molecule has 2 aromatic heterocycles. The van der Waals surface area contributed by atoms with Crippen molar-refractivity contribution >= 4 is 35.0 Å². The molecule has 0 radical (unpaired) electrons. The number of carbonyl (C=O) groups excluding carboxylic acids is 2. The molecule has 8 nitrogen and oxygen atoms in total. The van der Waals surface area contributed by atoms with Crippen LogP contribution in [0, 0.1) is 0 Å². The van der Waals surface area contributed by atoms with E-state index < -0.39 is 18.1 Å². The van der Waals surface area contributed by atoms with E-state index in [9.17, 15) is 14.0 Å². The summed E-state index contributed by atoms with van der Waals surface area (Å²) in [6.07, 6.45) is 2.40. The minimum absolute atomic E-state index is 0.249. The summed E-state index contributed by atoms with van der Waals surface area (Å²) in [6, 6.07) is 7.03. The van der Waals surface area contributed by atoms with E-state index >= 15 is 0 Å². The van der Waals surface area contributed by atoms with Crippen LogP contribution < -0.4 is 15.5 Å². The number of carbonyl (C=O) groups is 2. The van der Waals surface area contributed by atoms with Gasteiger partial charge in [0.2, 0.25) is 0 Å². The molecule has 1 saturated carbocycles. The summed E-state index contributed by atoms with van der Waals surface area (Å²) in [5.41, 5.74) is 4.06. The second kappa shape index (κ2) is 6.54. The van der Waals surface area contributed by atoms with E-state index in [1.807, 2.05) is 23.1 Å². The van der Waals surface area contributed by atoms with E-state index in [0.717, 1.165) is 24.0 Å². The second-order valence-corrected chi connectivity index (χ2v) is 7.24. The summed E-state index contributed by atoms with van der Waals surface area (Å²) in [7, 11) is 1.77. The van der Waals surface area contributed by atoms with Gasteiger partial charge in [-0.2, -0.15) is 0 Å². The van der Waals surface area contributed by atoms with Gasteiger partial charge in [-0.3, -0.25) is 9.59 Å². The highest BCUT2D eigenvalue weighted by Crippen LogP contribution is 2.36. The molecule has 5 rings (SSSR count). The number of fused-ring (bicyclic) bond motifs is 2. The lowest BCUT2D eigenvalue weighted by atomic mass is 10.1. The highest BCUT2D eigenvalue weighted by Gasteiger charge is 2.39. The van der Waals surface area contributed by atoms with Gasteiger partial charge in [0, 0.05) is 37.3 Å². The van der Waals surface area contributed by atoms with Gasteiger partial charge < -0.3 is 15.5 Å². The molecule has 2 aliphatic rings. The van der Waals surface area contributed by atoms with Crippen LogP contribution in [-0.4, -0.2) is 52.6 Å². The first-order valence-electron chi connectivity index (χ1n) is 9.46. The Morgan fingerprint density at radius 3 is 2.93 bits per heavy atom. The summed E-state index contributed by atoms with van der Waals surface area (Å²) in [4.78, 5) is 30.3. The van der Waals surface area contributed by atoms with Crippen molar-refractivity contribution in [1.82, 2.24) is 19.9 Å². The molecule has 1 fully saturated rings. The van der Waals surface area contributed by atoms with Gasteiger partial charge in [0.1, 0.15) is 12.5 Å². The van der Waals surface area contributed by atoms with E-state index in [1.54, 1.807) is 13.1 Å². The number of imidazole rings is 1. The highest BCUT2D eigenvalue weighted by molar-refractivity contribution is 5.94. The zero-order valence-electron chi connectivity index (χ0n) is 15.7. The van der Waals surface area contributed by atoms with Crippen molar-refractivity contribution in [2.75, 3.05) is 23.8 Å². The molecular weight excluding hydrogens is 375 g/mol. The lowest BCUT2D eigenvalue weighted by Crippen LogP contribution is -2.28. The van der Waals surface area contributed by atoms with Gasteiger partial charge in [-0.05, 0) is 18.1 Å². The molecule has 0 bridgehead atoms. The maximum Gasteiger partial charge on any atom is 0.271 e. The highest BCUT2D eigenvalue weighted by atomic mass is 19.1. The lowest BCUT2D eigenvalue weighted by molar-refractivity contribution is 0.0940. The predicted octanol–water partition coefficient (Wildman–Crippen LogP) is 2.12. The summed E-state index contributed by atoms with van der Waals surface area (Å²) < 4.78 is 14.7. The SMILES string of the molecule is CNc1cc(N2CCc3c(C=O)cccc32)nn2c(C(=O)N[C@@H]3C[C@@H]3F)cnc12. The topological polar surface area (TPSA) is 91.6 Å². The molecule has 1 aromatic carbocycles. The number of aldehydes is 1. The smallest absolute Gasteiger partial charge is 0.271 e. The monoisotopic (exact) mass is 394 g/mol. The van der Waals surface area contributed by atoms with Gasteiger partial charge in [0.15, 0.2) is 17.2 Å². The fraction of sp³-hybridized carbons (Fsp3) is 0.300. The van der Waals surface area contributed by atoms with Crippen LogP contribution in [0.5, 0.6) is 0 Å². The molecule has 2 N–H and O–H groups in total. The fourth-order valence-corrected chi connectivity index (χ4v) is 3.79. The van der Waals surface area contributed by atoms with E-state index in [4.69, 9.17) is 0 Å². The molecule has 0 saturated heterocycles. The van der Waals surface area contributed by atoms with E-state index in [0.29, 0.717) is 35.7 Å². The maximum atomic E-state index is 13.2. The Bertz CT molecular complexity index is 1140. The zero-order valence-corrected chi connectivity index (χ0v) is 15.7. The average molecular weight is 394 g/mol. The van der Waals surface area contributed by atoms with Crippen LogP contribution in [0.4, 0.5) is 21.6 Å². The number of nitrogens with zero attached hydrogens (tertiary/aromatic N) is 4. The number of anilines is 3. The standard InChI is InChI=1S/C20H19FN6O2/c1-22-15-8-18(26-6-5-12-11(10-28)3-2-4-16(12)26)25-27-17(9-23-19(15)27)20(29)24-14-7-13(14)21/h2-4,8-10,13-14,22H,5-7H2,1H3,(H,24,29)/t13-,14+/m0/s1. The van der Waals surface area contributed by atoms with Gasteiger partial charge in [-0.1, -0.05) is 12.1 Å². The fourth-order valence-electron chi connectivity index (χ4n) is 3.79. The van der Waals surface area contributed by atoms with Gasteiger partial charge in [0.25, 0.3) is 5.91 Å². The Hall–Kier alpha value is -3.49. The van der Waals surface area contributed by atoms with Crippen LogP contribution in [-0.2, 0) is 6.42 Å². The number of aromatic nitrogens is 3. The van der Waals surface area contributed by atoms with Gasteiger partial charge >= 0.3 is 0 Å². The molecular formula is C20H19FN6O2. The summed E-state index contributed by atoms with van der Waals surface area (Å²) in [5.74, 6) is 0.227. The number of nitrogens with one attached hydrogen (secondary N) is 2. The first-order chi connectivity index (χ1) is 14.1. The largest absolute Gasteiger partial charge is 0.385 e. The number of halogens is 1. The number of alkyl halides is 1. The first kappa shape index (κ1) is 17.6. The number of amides is 1. The van der Waals surface area contributed by atoms with Crippen LogP contribution in [0.3, 0.4) is 0 Å². The summed E-state index contributed by atoms with van der Waals surface area (Å²) >= 11 is 0. The Kier molecular flexibility index (Phi) is 3.97. The summed E-state index contributed by atoms with van der Waals surface area (Å²) in [5, 5.41) is 10.4. The van der Waals surface area contributed by atoms with Gasteiger partial charge in [-0.25, -0.2) is 13.9 Å². The molecule has 148 valence electrons. The molecule has 2 atom stereocenters. The maximum absolute atomic E-state index is 13.2. The number of rotatable bonds is 5. The third kappa shape index (κ3) is 2.81. The minimum Gasteiger partial charge on any atom is -0.385 e. The van der Waals surface area contributed by atoms with Gasteiger partial charge in [0.05, 0.1) is 17.9 Å². The molecule has 1 aliphatic heterocycles. The molecule has 3 heterocycles. The molecule has 1 aliphatic carbocycles. The Balaban J connectivity index is 1.58. The van der Waals surface area contributed by atoms with Crippen molar-refractivity contribution in [2.24, 2.45) is 0 Å². The van der Waals surface area contributed by atoms with Crippen LogP contribution in [0.15, 0.2) is 30.5 Å². The van der Waals surface area contributed by atoms with Crippen molar-refractivity contribution in [3.05, 3.63) is 47.3 Å². The molecule has 0 unspecified atom stereocenters. The number of hydrogen-bond donors (Lipinski definition) is 2. The Morgan fingerprint density at radius 2 is 2.21 bits per heavy atom. The number of hydrogen-bond acceptors (Lipinski definition) is 6. The molecule has 0 spiro atoms. The molecule has 9 heteroatoms. The Morgan fingerprint density at radius 1 is 1.38 bits per heavy atom. The van der Waals surface area contributed by atoms with Gasteiger partial charge in [-0.15, -0.1) is 5.10 Å². The second-order valence-electron chi connectivity index (χ2n) is 7.24. The van der Waals surface area contributed by atoms with Crippen molar-refractivity contribution in [2.45, 2.75) is 25.1 Å². The van der Waals surface area contributed by atoms with Crippen LogP contribution in [0.1, 0.15) is 32.8 Å². The van der Waals surface area contributed by atoms with Crippen molar-refractivity contribution < 1.29 is 14.0 Å². The third-order valence-electron chi connectivity index (χ3n) is 5.45. The minimum atomic E-state index is -0.984. The lowest BCUT2D eigenvalue weighted by Gasteiger charge is -2.20. The summed E-state index contributed by atoms with van der Waals surface area (Å²) in [6.45, 7) is 0.670. The zero-order chi connectivity index (χ0) is 20.1. The first-order valence-corrected chi connectivity index (χ1v) is 9.46. The molecule has 29 heavy (non-hydrogen) atoms. The van der Waals surface area contributed by atoms with Crippen LogP contribution >= 0.6 is 0 Å². The predicted molar refractivity (Wildman–Crippen MR) is 106 cm³/mol. The normalized spacial score (nSPS) is 19.9. The van der Waals surface area contributed by atoms with E-state index in [2.05, 4.69) is 20.7 Å². The molecule has 3 aromatic rings. The van der Waals surface area contributed by atoms with Crippen molar-refractivity contribution in [3.8, 4) is 0 Å². The average Bonchev–Trinajstić information content (AvgIpc) is 3.13. The van der Waals surface area contributed by atoms with E-state index in [1.165, 1.54) is 10.7 Å². The molecule has 1 amide bonds. The van der Waals surface area contributed by atoms with Crippen LogP contribution in [0.25, 0.3) is 5.65 Å².